The lowest BCUT2D eigenvalue weighted by Gasteiger charge is -2.22. The quantitative estimate of drug-likeness (QED) is 0.345. The van der Waals surface area contributed by atoms with Gasteiger partial charge in [-0.05, 0) is 73.0 Å². The van der Waals surface area contributed by atoms with Crippen molar-refractivity contribution in [1.29, 1.82) is 0 Å². The molecular weight excluding hydrogens is 432 g/mol. The summed E-state index contributed by atoms with van der Waals surface area (Å²) in [5.74, 6) is -0.133. The van der Waals surface area contributed by atoms with Gasteiger partial charge in [-0.3, -0.25) is 9.69 Å². The van der Waals surface area contributed by atoms with Crippen molar-refractivity contribution in [3.8, 4) is 22.6 Å². The molecule has 1 aliphatic rings. The number of aliphatic carboxylic acids is 1. The predicted octanol–water partition coefficient (Wildman–Crippen LogP) is 6.24. The molecule has 168 valence electrons. The SMILES string of the molecule is CSc1cc2oc(-c3cccc(-c4ccccc4)c3C)nc2cc1CN1CCCC1C(=O)O. The molecule has 4 aromatic rings. The molecule has 1 atom stereocenters. The van der Waals surface area contributed by atoms with Crippen molar-refractivity contribution in [3.05, 3.63) is 71.8 Å². The molecule has 0 aliphatic carbocycles. The van der Waals surface area contributed by atoms with Crippen molar-refractivity contribution >= 4 is 28.8 Å². The fourth-order valence-electron chi connectivity index (χ4n) is 4.74. The number of fused-ring (bicyclic) bond motifs is 1. The molecule has 1 unspecified atom stereocenters. The number of carboxylic acids is 1. The summed E-state index contributed by atoms with van der Waals surface area (Å²) in [5, 5.41) is 9.55. The Balaban J connectivity index is 1.53. The summed E-state index contributed by atoms with van der Waals surface area (Å²) < 4.78 is 6.22. The average Bonchev–Trinajstić information content (AvgIpc) is 3.46. The summed E-state index contributed by atoms with van der Waals surface area (Å²) in [6, 6.07) is 20.2. The number of carboxylic acid groups (broad SMARTS) is 1. The molecule has 1 aromatic heterocycles. The van der Waals surface area contributed by atoms with Gasteiger partial charge in [0.25, 0.3) is 0 Å². The molecule has 1 saturated heterocycles. The lowest BCUT2D eigenvalue weighted by molar-refractivity contribution is -0.142. The summed E-state index contributed by atoms with van der Waals surface area (Å²) in [4.78, 5) is 19.6. The van der Waals surface area contributed by atoms with Crippen molar-refractivity contribution in [2.24, 2.45) is 0 Å². The van der Waals surface area contributed by atoms with Crippen LogP contribution in [-0.2, 0) is 11.3 Å². The summed E-state index contributed by atoms with van der Waals surface area (Å²) >= 11 is 1.65. The summed E-state index contributed by atoms with van der Waals surface area (Å²) in [5.41, 5.74) is 7.07. The van der Waals surface area contributed by atoms with E-state index in [1.54, 1.807) is 11.8 Å². The second kappa shape index (κ2) is 9.04. The Hall–Kier alpha value is -3.09. The molecule has 1 fully saturated rings. The van der Waals surface area contributed by atoms with Crippen molar-refractivity contribution in [2.45, 2.75) is 37.2 Å². The van der Waals surface area contributed by atoms with Gasteiger partial charge in [0.05, 0.1) is 0 Å². The Kier molecular flexibility index (Phi) is 5.96. The van der Waals surface area contributed by atoms with Crippen LogP contribution >= 0.6 is 11.8 Å². The molecule has 0 bridgehead atoms. The first-order valence-electron chi connectivity index (χ1n) is 11.1. The van der Waals surface area contributed by atoms with Gasteiger partial charge in [-0.25, -0.2) is 4.98 Å². The Morgan fingerprint density at radius 1 is 1.15 bits per heavy atom. The van der Waals surface area contributed by atoms with Crippen LogP contribution in [-0.4, -0.2) is 39.8 Å². The van der Waals surface area contributed by atoms with Gasteiger partial charge in [0, 0.05) is 17.0 Å². The molecule has 5 rings (SSSR count). The molecule has 0 amide bonds. The average molecular weight is 459 g/mol. The third-order valence-corrected chi connectivity index (χ3v) is 7.28. The number of hydrogen-bond acceptors (Lipinski definition) is 5. The van der Waals surface area contributed by atoms with Crippen LogP contribution in [0.25, 0.3) is 33.7 Å². The minimum atomic E-state index is -0.739. The summed E-state index contributed by atoms with van der Waals surface area (Å²) in [6.07, 6.45) is 3.66. The van der Waals surface area contributed by atoms with Crippen LogP contribution < -0.4 is 0 Å². The molecule has 6 heteroatoms. The molecule has 5 nitrogen and oxygen atoms in total. The number of aromatic nitrogens is 1. The molecule has 0 spiro atoms. The van der Waals surface area contributed by atoms with E-state index in [-0.39, 0.29) is 0 Å². The number of benzene rings is 3. The smallest absolute Gasteiger partial charge is 0.320 e. The fourth-order valence-corrected chi connectivity index (χ4v) is 5.35. The Morgan fingerprint density at radius 3 is 2.70 bits per heavy atom. The molecule has 0 saturated carbocycles. The summed E-state index contributed by atoms with van der Waals surface area (Å²) in [6.45, 7) is 3.51. The van der Waals surface area contributed by atoms with Crippen LogP contribution in [0.3, 0.4) is 0 Å². The number of likely N-dealkylation sites (tertiary alicyclic amines) is 1. The zero-order valence-electron chi connectivity index (χ0n) is 18.7. The van der Waals surface area contributed by atoms with Crippen LogP contribution in [0.15, 0.2) is 70.0 Å². The van der Waals surface area contributed by atoms with Crippen LogP contribution in [0.2, 0.25) is 0 Å². The minimum Gasteiger partial charge on any atom is -0.480 e. The van der Waals surface area contributed by atoms with E-state index in [0.717, 1.165) is 51.2 Å². The highest BCUT2D eigenvalue weighted by Gasteiger charge is 2.31. The molecule has 2 heterocycles. The molecular formula is C27H26N2O3S. The molecule has 0 radical (unpaired) electrons. The third kappa shape index (κ3) is 4.16. The zero-order valence-corrected chi connectivity index (χ0v) is 19.6. The van der Waals surface area contributed by atoms with Gasteiger partial charge in [0.2, 0.25) is 5.89 Å². The van der Waals surface area contributed by atoms with E-state index in [1.165, 1.54) is 5.56 Å². The number of nitrogens with zero attached hydrogens (tertiary/aromatic N) is 2. The van der Waals surface area contributed by atoms with Gasteiger partial charge in [0.15, 0.2) is 5.58 Å². The van der Waals surface area contributed by atoms with Gasteiger partial charge in [-0.2, -0.15) is 0 Å². The highest BCUT2D eigenvalue weighted by atomic mass is 32.2. The number of oxazole rings is 1. The van der Waals surface area contributed by atoms with Gasteiger partial charge in [-0.1, -0.05) is 42.5 Å². The van der Waals surface area contributed by atoms with Crippen LogP contribution in [0.4, 0.5) is 0 Å². The van der Waals surface area contributed by atoms with E-state index in [4.69, 9.17) is 9.40 Å². The van der Waals surface area contributed by atoms with E-state index >= 15 is 0 Å². The lowest BCUT2D eigenvalue weighted by atomic mass is 9.96. The van der Waals surface area contributed by atoms with E-state index in [1.807, 2.05) is 42.7 Å². The van der Waals surface area contributed by atoms with Crippen molar-refractivity contribution < 1.29 is 14.3 Å². The van der Waals surface area contributed by atoms with Crippen LogP contribution in [0, 0.1) is 6.92 Å². The lowest BCUT2D eigenvalue weighted by Crippen LogP contribution is -2.35. The first-order chi connectivity index (χ1) is 16.0. The Bertz CT molecular complexity index is 1320. The van der Waals surface area contributed by atoms with Crippen molar-refractivity contribution in [1.82, 2.24) is 9.88 Å². The normalized spacial score (nSPS) is 16.5. The van der Waals surface area contributed by atoms with Crippen molar-refractivity contribution in [2.75, 3.05) is 12.8 Å². The Morgan fingerprint density at radius 2 is 1.94 bits per heavy atom. The second-order valence-electron chi connectivity index (χ2n) is 8.46. The number of hydrogen-bond donors (Lipinski definition) is 1. The minimum absolute atomic E-state index is 0.411. The highest BCUT2D eigenvalue weighted by molar-refractivity contribution is 7.98. The van der Waals surface area contributed by atoms with Crippen LogP contribution in [0.5, 0.6) is 0 Å². The predicted molar refractivity (Wildman–Crippen MR) is 132 cm³/mol. The first kappa shape index (κ1) is 21.7. The third-order valence-electron chi connectivity index (χ3n) is 6.46. The van der Waals surface area contributed by atoms with Crippen molar-refractivity contribution in [3.63, 3.8) is 0 Å². The number of thioether (sulfide) groups is 1. The zero-order chi connectivity index (χ0) is 22.9. The van der Waals surface area contributed by atoms with E-state index < -0.39 is 12.0 Å². The highest BCUT2D eigenvalue weighted by Crippen LogP contribution is 2.35. The first-order valence-corrected chi connectivity index (χ1v) is 12.4. The van der Waals surface area contributed by atoms with Crippen LogP contribution in [0.1, 0.15) is 24.0 Å². The maximum Gasteiger partial charge on any atom is 0.320 e. The second-order valence-corrected chi connectivity index (χ2v) is 9.31. The fraction of sp³-hybridized carbons (Fsp3) is 0.259. The van der Waals surface area contributed by atoms with E-state index in [9.17, 15) is 9.90 Å². The maximum atomic E-state index is 11.6. The largest absolute Gasteiger partial charge is 0.480 e. The van der Waals surface area contributed by atoms with Gasteiger partial charge >= 0.3 is 5.97 Å². The monoisotopic (exact) mass is 458 g/mol. The van der Waals surface area contributed by atoms with E-state index in [2.05, 4.69) is 36.1 Å². The Labute approximate surface area is 197 Å². The topological polar surface area (TPSA) is 66.6 Å². The number of carbonyl (C=O) groups is 1. The molecule has 33 heavy (non-hydrogen) atoms. The van der Waals surface area contributed by atoms with Gasteiger partial charge in [0.1, 0.15) is 11.6 Å². The maximum absolute atomic E-state index is 11.6. The summed E-state index contributed by atoms with van der Waals surface area (Å²) in [7, 11) is 0. The van der Waals surface area contributed by atoms with E-state index in [0.29, 0.717) is 18.9 Å². The number of rotatable bonds is 6. The standard InChI is InChI=1S/C27H26N2O3S/c1-17-20(18-8-4-3-5-9-18)10-6-11-21(17)26-28-22-14-19(25(33-2)15-24(22)32-26)16-29-13-7-12-23(29)27(30)31/h3-6,8-11,14-15,23H,7,12-13,16H2,1-2H3,(H,30,31). The van der Waals surface area contributed by atoms with Gasteiger partial charge in [-0.15, -0.1) is 11.8 Å². The molecule has 3 aromatic carbocycles. The molecule has 1 aliphatic heterocycles. The molecule has 1 N–H and O–H groups in total. The van der Waals surface area contributed by atoms with Gasteiger partial charge < -0.3 is 9.52 Å².